The van der Waals surface area contributed by atoms with Crippen LogP contribution < -0.4 is 21.3 Å². The van der Waals surface area contributed by atoms with Gasteiger partial charge in [0.15, 0.2) is 0 Å². The van der Waals surface area contributed by atoms with E-state index in [1.165, 1.54) is 21.7 Å². The zero-order valence-electron chi connectivity index (χ0n) is 25.4. The highest BCUT2D eigenvalue weighted by molar-refractivity contribution is 6.25. The quantitative estimate of drug-likeness (QED) is 0.160. The molecule has 0 amide bonds. The highest BCUT2D eigenvalue weighted by atomic mass is 16.5. The van der Waals surface area contributed by atoms with Crippen LogP contribution in [0.1, 0.15) is 41.8 Å². The average molecular weight is 577 g/mol. The highest BCUT2D eigenvalue weighted by Gasteiger charge is 2.24. The molecule has 1 aliphatic heterocycles. The molecule has 43 heavy (non-hydrogen) atoms. The monoisotopic (exact) mass is 576 g/mol. The summed E-state index contributed by atoms with van der Waals surface area (Å²) in [5.74, 6) is 0.159. The molecule has 6 nitrogen and oxygen atoms in total. The Labute approximate surface area is 254 Å². The summed E-state index contributed by atoms with van der Waals surface area (Å²) in [5.41, 5.74) is 2.91. The number of nitrogens with one attached hydrogen (secondary N) is 4. The minimum atomic E-state index is -0.287. The maximum atomic E-state index is 13.3. The molecule has 2 atom stereocenters. The van der Waals surface area contributed by atoms with E-state index in [1.807, 2.05) is 12.1 Å². The minimum absolute atomic E-state index is 0.250. The van der Waals surface area contributed by atoms with Crippen LogP contribution in [0.2, 0.25) is 0 Å². The molecule has 5 aromatic rings. The SMILES string of the molecule is CC1NCCNCCCNCCNC(C)C1Cc1ccc(COC(=O)c2ccc3ccc4cccc5ccc2c3c45)cc1. The topological polar surface area (TPSA) is 74.4 Å². The van der Waals surface area contributed by atoms with E-state index >= 15 is 0 Å². The summed E-state index contributed by atoms with van der Waals surface area (Å²) in [5, 5.41) is 21.4. The molecule has 0 aromatic heterocycles. The molecule has 0 spiro atoms. The molecule has 224 valence electrons. The first kappa shape index (κ1) is 29.5. The van der Waals surface area contributed by atoms with E-state index in [0.717, 1.165) is 73.8 Å². The van der Waals surface area contributed by atoms with Crippen molar-refractivity contribution in [3.63, 3.8) is 0 Å². The Morgan fingerprint density at radius 2 is 1.26 bits per heavy atom. The van der Waals surface area contributed by atoms with Crippen molar-refractivity contribution in [2.45, 2.75) is 45.4 Å². The Morgan fingerprint density at radius 3 is 1.93 bits per heavy atom. The van der Waals surface area contributed by atoms with Gasteiger partial charge in [0.2, 0.25) is 0 Å². The largest absolute Gasteiger partial charge is 0.457 e. The summed E-state index contributed by atoms with van der Waals surface area (Å²) in [6.07, 6.45) is 2.13. The van der Waals surface area contributed by atoms with Crippen molar-refractivity contribution in [2.75, 3.05) is 39.3 Å². The standard InChI is InChI=1S/C37H44N4O2/c1-25-34(26(2)41-22-20-39-18-4-17-38-19-21-40-25)23-27-7-9-28(10-8-27)24-43-37(42)33-16-14-31-12-11-29-5-3-6-30-13-15-32(33)36(31)35(29)30/h3,5-16,25-26,34,38-41H,4,17-24H2,1-2H3. The van der Waals surface area contributed by atoms with Crippen molar-refractivity contribution in [3.05, 3.63) is 95.6 Å². The number of hydrogen-bond donors (Lipinski definition) is 4. The van der Waals surface area contributed by atoms with Crippen molar-refractivity contribution < 1.29 is 9.53 Å². The number of esters is 1. The average Bonchev–Trinajstić information content (AvgIpc) is 3.03. The molecular formula is C37H44N4O2. The molecule has 1 fully saturated rings. The summed E-state index contributed by atoms with van der Waals surface area (Å²) in [6.45, 7) is 10.9. The van der Waals surface area contributed by atoms with E-state index in [2.05, 4.69) is 102 Å². The van der Waals surface area contributed by atoms with Gasteiger partial charge in [-0.25, -0.2) is 4.79 Å². The van der Waals surface area contributed by atoms with Crippen molar-refractivity contribution in [2.24, 2.45) is 5.92 Å². The van der Waals surface area contributed by atoms with Gasteiger partial charge >= 0.3 is 5.97 Å². The van der Waals surface area contributed by atoms with Crippen molar-refractivity contribution >= 4 is 38.3 Å². The van der Waals surface area contributed by atoms with Crippen LogP contribution >= 0.6 is 0 Å². The van der Waals surface area contributed by atoms with Crippen molar-refractivity contribution in [1.82, 2.24) is 21.3 Å². The van der Waals surface area contributed by atoms with Crippen LogP contribution in [0.15, 0.2) is 78.9 Å². The Morgan fingerprint density at radius 1 is 0.674 bits per heavy atom. The fraction of sp³-hybridized carbons (Fsp3) is 0.378. The first-order chi connectivity index (χ1) is 21.1. The lowest BCUT2D eigenvalue weighted by atomic mass is 9.87. The predicted molar refractivity (Wildman–Crippen MR) is 178 cm³/mol. The Hall–Kier alpha value is -3.55. The zero-order chi connectivity index (χ0) is 29.6. The second-order valence-corrected chi connectivity index (χ2v) is 12.1. The van der Waals surface area contributed by atoms with Crippen LogP contribution in [0.25, 0.3) is 32.3 Å². The van der Waals surface area contributed by atoms with Crippen LogP contribution in [-0.4, -0.2) is 57.3 Å². The van der Waals surface area contributed by atoms with Crippen LogP contribution in [-0.2, 0) is 17.8 Å². The predicted octanol–water partition coefficient (Wildman–Crippen LogP) is 5.64. The molecule has 4 N–H and O–H groups in total. The third kappa shape index (κ3) is 6.84. The van der Waals surface area contributed by atoms with E-state index in [4.69, 9.17) is 4.74 Å². The number of hydrogen-bond acceptors (Lipinski definition) is 6. The van der Waals surface area contributed by atoms with E-state index in [0.29, 0.717) is 23.6 Å². The maximum Gasteiger partial charge on any atom is 0.339 e. The van der Waals surface area contributed by atoms with Gasteiger partial charge in [-0.15, -0.1) is 0 Å². The van der Waals surface area contributed by atoms with E-state index in [1.54, 1.807) is 0 Å². The Balaban J connectivity index is 1.11. The lowest BCUT2D eigenvalue weighted by Crippen LogP contribution is -2.48. The second-order valence-electron chi connectivity index (χ2n) is 12.1. The first-order valence-corrected chi connectivity index (χ1v) is 15.9. The third-order valence-electron chi connectivity index (χ3n) is 9.14. The van der Waals surface area contributed by atoms with Gasteiger partial charge in [-0.1, -0.05) is 72.8 Å². The Kier molecular flexibility index (Phi) is 9.49. The fourth-order valence-electron chi connectivity index (χ4n) is 6.64. The summed E-state index contributed by atoms with van der Waals surface area (Å²) in [7, 11) is 0. The van der Waals surface area contributed by atoms with E-state index in [9.17, 15) is 4.79 Å². The summed E-state index contributed by atoms with van der Waals surface area (Å²) in [4.78, 5) is 13.3. The van der Waals surface area contributed by atoms with Gasteiger partial charge in [0, 0.05) is 38.3 Å². The number of carbonyl (C=O) groups excluding carboxylic acids is 1. The summed E-state index contributed by atoms with van der Waals surface area (Å²) < 4.78 is 5.85. The minimum Gasteiger partial charge on any atom is -0.457 e. The molecule has 0 radical (unpaired) electrons. The summed E-state index contributed by atoms with van der Waals surface area (Å²) >= 11 is 0. The van der Waals surface area contributed by atoms with Gasteiger partial charge in [0.05, 0.1) is 5.56 Å². The number of carbonyl (C=O) groups is 1. The van der Waals surface area contributed by atoms with Gasteiger partial charge in [-0.05, 0) is 95.2 Å². The van der Waals surface area contributed by atoms with Crippen molar-refractivity contribution in [1.29, 1.82) is 0 Å². The normalized spacial score (nSPS) is 21.2. The maximum absolute atomic E-state index is 13.3. The molecule has 1 saturated heterocycles. The van der Waals surface area contributed by atoms with Gasteiger partial charge in [0.25, 0.3) is 0 Å². The Bertz CT molecular complexity index is 1620. The molecule has 6 rings (SSSR count). The smallest absolute Gasteiger partial charge is 0.339 e. The van der Waals surface area contributed by atoms with Gasteiger partial charge in [-0.2, -0.15) is 0 Å². The fourth-order valence-corrected chi connectivity index (χ4v) is 6.64. The van der Waals surface area contributed by atoms with Gasteiger partial charge < -0.3 is 26.0 Å². The van der Waals surface area contributed by atoms with Gasteiger partial charge in [0.1, 0.15) is 6.61 Å². The number of rotatable bonds is 5. The van der Waals surface area contributed by atoms with Gasteiger partial charge in [-0.3, -0.25) is 0 Å². The molecule has 1 aliphatic rings. The van der Waals surface area contributed by atoms with Crippen LogP contribution in [0.3, 0.4) is 0 Å². The highest BCUT2D eigenvalue weighted by Crippen LogP contribution is 2.36. The zero-order valence-corrected chi connectivity index (χ0v) is 25.4. The van der Waals surface area contributed by atoms with Crippen molar-refractivity contribution in [3.8, 4) is 0 Å². The molecule has 0 saturated carbocycles. The van der Waals surface area contributed by atoms with E-state index in [-0.39, 0.29) is 12.6 Å². The number of benzene rings is 5. The first-order valence-electron chi connectivity index (χ1n) is 15.9. The molecule has 6 heteroatoms. The lowest BCUT2D eigenvalue weighted by Gasteiger charge is -2.32. The second kappa shape index (κ2) is 13.8. The molecule has 1 heterocycles. The molecule has 2 unspecified atom stereocenters. The van der Waals surface area contributed by atoms with Crippen LogP contribution in [0.4, 0.5) is 0 Å². The lowest BCUT2D eigenvalue weighted by molar-refractivity contribution is 0.0475. The van der Waals surface area contributed by atoms with Crippen LogP contribution in [0.5, 0.6) is 0 Å². The molecular weight excluding hydrogens is 532 g/mol. The molecule has 0 aliphatic carbocycles. The number of ether oxygens (including phenoxy) is 1. The third-order valence-corrected chi connectivity index (χ3v) is 9.14. The van der Waals surface area contributed by atoms with E-state index < -0.39 is 0 Å². The molecule has 0 bridgehead atoms. The summed E-state index contributed by atoms with van der Waals surface area (Å²) in [6, 6.07) is 28.0. The van der Waals surface area contributed by atoms with Crippen LogP contribution in [0, 0.1) is 5.92 Å². The molecule has 5 aromatic carbocycles.